The van der Waals surface area contributed by atoms with Gasteiger partial charge in [0.05, 0.1) is 0 Å². The summed E-state index contributed by atoms with van der Waals surface area (Å²) in [5.74, 6) is -0.390. The fourth-order valence-corrected chi connectivity index (χ4v) is 3.16. The van der Waals surface area contributed by atoms with Crippen molar-refractivity contribution in [1.29, 1.82) is 0 Å². The minimum Gasteiger partial charge on any atom is -0.327 e. The zero-order valence-electron chi connectivity index (χ0n) is 12.6. The molecule has 1 aromatic carbocycles. The number of hydrogen-bond acceptors (Lipinski definition) is 2. The smallest absolute Gasteiger partial charge is 0.327 e. The third-order valence-corrected chi connectivity index (χ3v) is 4.06. The molecule has 1 saturated heterocycles. The van der Waals surface area contributed by atoms with Crippen molar-refractivity contribution in [2.24, 2.45) is 11.7 Å². The van der Waals surface area contributed by atoms with Crippen molar-refractivity contribution in [3.05, 3.63) is 34.9 Å². The zero-order valence-corrected chi connectivity index (χ0v) is 12.6. The van der Waals surface area contributed by atoms with Crippen molar-refractivity contribution in [1.82, 2.24) is 4.90 Å². The molecule has 1 aliphatic rings. The second-order valence-electron chi connectivity index (χ2n) is 6.31. The first-order valence-electron chi connectivity index (χ1n) is 7.34. The molecule has 0 aliphatic carbocycles. The highest BCUT2D eigenvalue weighted by molar-refractivity contribution is 5.30. The first-order chi connectivity index (χ1) is 9.73. The number of rotatable bonds is 3. The van der Waals surface area contributed by atoms with Crippen molar-refractivity contribution in [2.45, 2.75) is 45.5 Å². The summed E-state index contributed by atoms with van der Waals surface area (Å²) in [5, 5.41) is 0. The van der Waals surface area contributed by atoms with Crippen LogP contribution in [-0.2, 0) is 6.54 Å². The van der Waals surface area contributed by atoms with E-state index in [1.807, 2.05) is 19.9 Å². The molecule has 2 atom stereocenters. The fourth-order valence-electron chi connectivity index (χ4n) is 3.16. The Labute approximate surface area is 124 Å². The molecule has 5 heteroatoms. The average Bonchev–Trinajstić information content (AvgIpc) is 2.31. The largest absolute Gasteiger partial charge is 0.389 e. The summed E-state index contributed by atoms with van der Waals surface area (Å²) < 4.78 is 37.7. The predicted octanol–water partition coefficient (Wildman–Crippen LogP) is 3.41. The predicted molar refractivity (Wildman–Crippen MR) is 77.9 cm³/mol. The van der Waals surface area contributed by atoms with Gasteiger partial charge in [0.15, 0.2) is 0 Å². The molecule has 118 valence electrons. The number of aryl methyl sites for hydroxylation is 2. The third-order valence-electron chi connectivity index (χ3n) is 4.06. The summed E-state index contributed by atoms with van der Waals surface area (Å²) in [6.07, 6.45) is -4.38. The van der Waals surface area contributed by atoms with Gasteiger partial charge < -0.3 is 5.73 Å². The third kappa shape index (κ3) is 5.00. The summed E-state index contributed by atoms with van der Waals surface area (Å²) in [5.41, 5.74) is 9.47. The number of nitrogens with two attached hydrogens (primary N) is 1. The first kappa shape index (κ1) is 16.3. The van der Waals surface area contributed by atoms with E-state index in [2.05, 4.69) is 17.0 Å². The van der Waals surface area contributed by atoms with Gasteiger partial charge >= 0.3 is 6.18 Å². The monoisotopic (exact) mass is 300 g/mol. The van der Waals surface area contributed by atoms with Crippen molar-refractivity contribution >= 4 is 0 Å². The van der Waals surface area contributed by atoms with Gasteiger partial charge in [-0.1, -0.05) is 23.8 Å². The van der Waals surface area contributed by atoms with Crippen LogP contribution in [0.1, 0.15) is 29.5 Å². The van der Waals surface area contributed by atoms with E-state index >= 15 is 0 Å². The highest BCUT2D eigenvalue weighted by atomic mass is 19.4. The second-order valence-corrected chi connectivity index (χ2v) is 6.31. The average molecular weight is 300 g/mol. The van der Waals surface area contributed by atoms with Crippen molar-refractivity contribution in [2.75, 3.05) is 13.1 Å². The molecule has 0 saturated carbocycles. The Kier molecular flexibility index (Phi) is 4.94. The van der Waals surface area contributed by atoms with E-state index in [1.54, 1.807) is 0 Å². The maximum atomic E-state index is 12.6. The Hall–Kier alpha value is -1.07. The molecule has 1 aromatic rings. The number of piperidine rings is 1. The molecular weight excluding hydrogens is 277 g/mol. The Balaban J connectivity index is 2.04. The van der Waals surface area contributed by atoms with Crippen molar-refractivity contribution in [3.8, 4) is 0 Å². The van der Waals surface area contributed by atoms with Gasteiger partial charge in [0.1, 0.15) is 0 Å². The standard InChI is InChI=1S/C16H23F3N2/c1-11-3-4-12(2)14(5-11)9-21-8-13(6-15(20)10-21)7-16(17,18)19/h3-5,13,15H,6-10,20H2,1-2H3. The molecule has 1 aliphatic heterocycles. The highest BCUT2D eigenvalue weighted by Crippen LogP contribution is 2.30. The van der Waals surface area contributed by atoms with Crippen LogP contribution < -0.4 is 5.73 Å². The molecule has 0 radical (unpaired) electrons. The normalized spacial score (nSPS) is 24.3. The van der Waals surface area contributed by atoms with E-state index in [4.69, 9.17) is 5.73 Å². The number of benzene rings is 1. The summed E-state index contributed by atoms with van der Waals surface area (Å²) >= 11 is 0. The van der Waals surface area contributed by atoms with Crippen LogP contribution in [0.5, 0.6) is 0 Å². The Morgan fingerprint density at radius 1 is 1.24 bits per heavy atom. The van der Waals surface area contributed by atoms with Crippen LogP contribution in [0.25, 0.3) is 0 Å². The van der Waals surface area contributed by atoms with Gasteiger partial charge in [-0.15, -0.1) is 0 Å². The van der Waals surface area contributed by atoms with Crippen LogP contribution in [0.15, 0.2) is 18.2 Å². The van der Waals surface area contributed by atoms with Crippen LogP contribution >= 0.6 is 0 Å². The molecule has 0 bridgehead atoms. The highest BCUT2D eigenvalue weighted by Gasteiger charge is 2.35. The van der Waals surface area contributed by atoms with E-state index in [1.165, 1.54) is 16.7 Å². The number of alkyl halides is 3. The van der Waals surface area contributed by atoms with E-state index in [0.29, 0.717) is 26.1 Å². The van der Waals surface area contributed by atoms with Crippen molar-refractivity contribution < 1.29 is 13.2 Å². The molecule has 0 amide bonds. The lowest BCUT2D eigenvalue weighted by atomic mass is 9.91. The summed E-state index contributed by atoms with van der Waals surface area (Å²) in [6.45, 7) is 5.88. The van der Waals surface area contributed by atoms with E-state index in [0.717, 1.165) is 0 Å². The molecule has 2 unspecified atom stereocenters. The molecule has 1 fully saturated rings. The maximum absolute atomic E-state index is 12.6. The molecular formula is C16H23F3N2. The van der Waals surface area contributed by atoms with Crippen LogP contribution in [0.3, 0.4) is 0 Å². The lowest BCUT2D eigenvalue weighted by Gasteiger charge is -2.37. The Bertz CT molecular complexity index is 485. The van der Waals surface area contributed by atoms with Gasteiger partial charge in [-0.25, -0.2) is 0 Å². The van der Waals surface area contributed by atoms with E-state index in [-0.39, 0.29) is 12.0 Å². The van der Waals surface area contributed by atoms with Gasteiger partial charge in [-0.2, -0.15) is 13.2 Å². The molecule has 2 rings (SSSR count). The van der Waals surface area contributed by atoms with Crippen LogP contribution in [-0.4, -0.2) is 30.2 Å². The van der Waals surface area contributed by atoms with Crippen LogP contribution in [0.2, 0.25) is 0 Å². The number of hydrogen-bond donors (Lipinski definition) is 1. The van der Waals surface area contributed by atoms with E-state index < -0.39 is 12.6 Å². The summed E-state index contributed by atoms with van der Waals surface area (Å²) in [6, 6.07) is 6.04. The summed E-state index contributed by atoms with van der Waals surface area (Å²) in [7, 11) is 0. The molecule has 2 nitrogen and oxygen atoms in total. The molecule has 0 spiro atoms. The number of nitrogens with zero attached hydrogens (tertiary/aromatic N) is 1. The maximum Gasteiger partial charge on any atom is 0.389 e. The van der Waals surface area contributed by atoms with Gasteiger partial charge in [-0.3, -0.25) is 4.90 Å². The van der Waals surface area contributed by atoms with Gasteiger partial charge in [0, 0.05) is 32.1 Å². The van der Waals surface area contributed by atoms with Crippen LogP contribution in [0, 0.1) is 19.8 Å². The van der Waals surface area contributed by atoms with E-state index in [9.17, 15) is 13.2 Å². The van der Waals surface area contributed by atoms with Gasteiger partial charge in [0.25, 0.3) is 0 Å². The van der Waals surface area contributed by atoms with Gasteiger partial charge in [-0.05, 0) is 37.3 Å². The molecule has 21 heavy (non-hydrogen) atoms. The Morgan fingerprint density at radius 3 is 2.62 bits per heavy atom. The first-order valence-corrected chi connectivity index (χ1v) is 7.34. The van der Waals surface area contributed by atoms with Crippen LogP contribution in [0.4, 0.5) is 13.2 Å². The Morgan fingerprint density at radius 2 is 1.95 bits per heavy atom. The molecule has 1 heterocycles. The zero-order chi connectivity index (χ0) is 15.6. The number of halogens is 3. The molecule has 0 aromatic heterocycles. The minimum absolute atomic E-state index is 0.170. The van der Waals surface area contributed by atoms with Gasteiger partial charge in [0.2, 0.25) is 0 Å². The summed E-state index contributed by atoms with van der Waals surface area (Å²) in [4.78, 5) is 2.06. The second kappa shape index (κ2) is 6.36. The SMILES string of the molecule is Cc1ccc(C)c(CN2CC(N)CC(CC(F)(F)F)C2)c1. The lowest BCUT2D eigenvalue weighted by Crippen LogP contribution is -2.47. The molecule has 2 N–H and O–H groups in total. The quantitative estimate of drug-likeness (QED) is 0.927. The lowest BCUT2D eigenvalue weighted by molar-refractivity contribution is -0.148. The number of likely N-dealkylation sites (tertiary alicyclic amines) is 1. The van der Waals surface area contributed by atoms with Crippen molar-refractivity contribution in [3.63, 3.8) is 0 Å². The minimum atomic E-state index is -4.10. The fraction of sp³-hybridized carbons (Fsp3) is 0.625. The topological polar surface area (TPSA) is 29.3 Å².